The third kappa shape index (κ3) is 3.49. The van der Waals surface area contributed by atoms with Crippen LogP contribution in [0, 0.1) is 6.92 Å². The molecule has 190 valence electrons. The average molecular weight is 498 g/mol. The predicted molar refractivity (Wildman–Crippen MR) is 162 cm³/mol. The monoisotopic (exact) mass is 497 g/mol. The second-order valence-corrected chi connectivity index (χ2v) is 11.0. The maximum atomic E-state index is 4.01. The zero-order valence-electron chi connectivity index (χ0n) is 22.5. The van der Waals surface area contributed by atoms with Crippen molar-refractivity contribution in [3.63, 3.8) is 0 Å². The molecule has 3 heteroatoms. The molecule has 0 aliphatic heterocycles. The summed E-state index contributed by atoms with van der Waals surface area (Å²) in [4.78, 5) is 0. The summed E-state index contributed by atoms with van der Waals surface area (Å²) in [5.74, 6) is 0. The van der Waals surface area contributed by atoms with Gasteiger partial charge in [0.15, 0.2) is 0 Å². The standard InChI is InChI=1S/C35H35N3/c1-22-11-10-17-25(22)32-23(2)35-33(28-15-7-6-14-27(28)32)29-16-8-9-18-31(29)38(35)21-37-34-26(19-20-30(34)36-3)24-12-4-5-13-24/h4-10,12,14-19,30,34,36-37H,11,13,20-21H2,1-3H3. The summed E-state index contributed by atoms with van der Waals surface area (Å²) in [7, 11) is 2.09. The number of hydrogen-bond acceptors (Lipinski definition) is 2. The Morgan fingerprint density at radius 2 is 1.71 bits per heavy atom. The Morgan fingerprint density at radius 1 is 0.921 bits per heavy atom. The number of nitrogens with one attached hydrogen (secondary N) is 2. The molecule has 38 heavy (non-hydrogen) atoms. The Balaban J connectivity index is 1.43. The van der Waals surface area contributed by atoms with Gasteiger partial charge in [-0.15, -0.1) is 0 Å². The van der Waals surface area contributed by atoms with E-state index in [0.717, 1.165) is 25.9 Å². The van der Waals surface area contributed by atoms with Crippen LogP contribution in [-0.4, -0.2) is 23.7 Å². The molecule has 7 rings (SSSR count). The number of hydrogen-bond donors (Lipinski definition) is 2. The van der Waals surface area contributed by atoms with E-state index in [2.05, 4.69) is 121 Å². The summed E-state index contributed by atoms with van der Waals surface area (Å²) < 4.78 is 2.54. The number of allylic oxidation sites excluding steroid dienone is 7. The topological polar surface area (TPSA) is 29.0 Å². The molecule has 0 spiro atoms. The smallest absolute Gasteiger partial charge is 0.0737 e. The van der Waals surface area contributed by atoms with Gasteiger partial charge in [0.25, 0.3) is 0 Å². The van der Waals surface area contributed by atoms with E-state index >= 15 is 0 Å². The van der Waals surface area contributed by atoms with Crippen molar-refractivity contribution in [2.45, 2.75) is 51.9 Å². The highest BCUT2D eigenvalue weighted by atomic mass is 15.2. The van der Waals surface area contributed by atoms with E-state index in [-0.39, 0.29) is 6.04 Å². The second-order valence-electron chi connectivity index (χ2n) is 11.0. The van der Waals surface area contributed by atoms with Crippen molar-refractivity contribution in [2.75, 3.05) is 7.05 Å². The predicted octanol–water partition coefficient (Wildman–Crippen LogP) is 7.71. The van der Waals surface area contributed by atoms with Crippen LogP contribution in [0.25, 0.3) is 38.2 Å². The minimum Gasteiger partial charge on any atom is -0.327 e. The number of benzene rings is 3. The van der Waals surface area contributed by atoms with Gasteiger partial charge in [0, 0.05) is 22.9 Å². The van der Waals surface area contributed by atoms with Gasteiger partial charge >= 0.3 is 0 Å². The number of rotatable bonds is 6. The van der Waals surface area contributed by atoms with Gasteiger partial charge in [-0.1, -0.05) is 84.5 Å². The zero-order valence-corrected chi connectivity index (χ0v) is 22.5. The fraction of sp³-hybridized carbons (Fsp3) is 0.257. The second kappa shape index (κ2) is 9.27. The molecule has 0 bridgehead atoms. The Bertz CT molecular complexity index is 1750. The molecule has 2 unspecified atom stereocenters. The van der Waals surface area contributed by atoms with Crippen molar-refractivity contribution in [3.8, 4) is 0 Å². The van der Waals surface area contributed by atoms with Crippen molar-refractivity contribution >= 4 is 38.2 Å². The first-order valence-electron chi connectivity index (χ1n) is 13.9. The van der Waals surface area contributed by atoms with E-state index in [4.69, 9.17) is 0 Å². The molecule has 3 aromatic carbocycles. The summed E-state index contributed by atoms with van der Waals surface area (Å²) in [6.07, 6.45) is 16.9. The zero-order chi connectivity index (χ0) is 25.8. The van der Waals surface area contributed by atoms with Crippen LogP contribution in [0.2, 0.25) is 0 Å². The lowest BCUT2D eigenvalue weighted by Gasteiger charge is -2.26. The minimum absolute atomic E-state index is 0.283. The maximum absolute atomic E-state index is 4.01. The van der Waals surface area contributed by atoms with Crippen LogP contribution in [0.5, 0.6) is 0 Å². The van der Waals surface area contributed by atoms with Crippen LogP contribution in [0.3, 0.4) is 0 Å². The number of likely N-dealkylation sites (N-methyl/N-ethyl adjacent to an activating group) is 1. The first-order valence-corrected chi connectivity index (χ1v) is 13.9. The number of aromatic nitrogens is 1. The summed E-state index contributed by atoms with van der Waals surface area (Å²) in [5.41, 5.74) is 11.1. The quantitative estimate of drug-likeness (QED) is 0.286. The molecule has 0 fully saturated rings. The molecular formula is C35H35N3. The first-order chi connectivity index (χ1) is 18.7. The molecule has 2 atom stereocenters. The lowest BCUT2D eigenvalue weighted by Crippen LogP contribution is -2.45. The minimum atomic E-state index is 0.283. The average Bonchev–Trinajstić information content (AvgIpc) is 3.74. The van der Waals surface area contributed by atoms with Crippen molar-refractivity contribution in [3.05, 3.63) is 113 Å². The molecule has 4 aromatic rings. The number of nitrogens with zero attached hydrogens (tertiary/aromatic N) is 1. The van der Waals surface area contributed by atoms with Crippen LogP contribution in [0.15, 0.2) is 102 Å². The summed E-state index contributed by atoms with van der Waals surface area (Å²) >= 11 is 0. The summed E-state index contributed by atoms with van der Waals surface area (Å²) in [5, 5.41) is 13.0. The lowest BCUT2D eigenvalue weighted by molar-refractivity contribution is 0.422. The van der Waals surface area contributed by atoms with Crippen LogP contribution < -0.4 is 10.6 Å². The van der Waals surface area contributed by atoms with Crippen molar-refractivity contribution in [1.29, 1.82) is 0 Å². The third-order valence-corrected chi connectivity index (χ3v) is 8.92. The molecule has 0 saturated heterocycles. The van der Waals surface area contributed by atoms with E-state index in [1.54, 1.807) is 0 Å². The Morgan fingerprint density at radius 3 is 2.45 bits per heavy atom. The lowest BCUT2D eigenvalue weighted by atomic mass is 9.89. The number of para-hydroxylation sites is 1. The summed E-state index contributed by atoms with van der Waals surface area (Å²) in [6.45, 7) is 5.37. The number of aryl methyl sites for hydroxylation is 1. The van der Waals surface area contributed by atoms with Gasteiger partial charge < -0.3 is 9.88 Å². The Hall–Kier alpha value is -3.66. The molecule has 1 aromatic heterocycles. The van der Waals surface area contributed by atoms with E-state index in [1.165, 1.54) is 66.0 Å². The fourth-order valence-corrected chi connectivity index (χ4v) is 7.07. The Kier molecular flexibility index (Phi) is 5.72. The first kappa shape index (κ1) is 23.5. The van der Waals surface area contributed by atoms with Crippen molar-refractivity contribution in [2.24, 2.45) is 0 Å². The fourth-order valence-electron chi connectivity index (χ4n) is 7.07. The van der Waals surface area contributed by atoms with E-state index in [1.807, 2.05) is 0 Å². The van der Waals surface area contributed by atoms with E-state index < -0.39 is 0 Å². The Labute approximate surface area is 224 Å². The SMILES string of the molecule is CNC1CC=C(C2=CC=CC2)C1NCn1c2ccccc2c2c3ccccc3c(C3=C(C)CC=C3)c(C)c21. The molecule has 3 aliphatic carbocycles. The van der Waals surface area contributed by atoms with Gasteiger partial charge in [-0.3, -0.25) is 5.32 Å². The van der Waals surface area contributed by atoms with E-state index in [9.17, 15) is 0 Å². The van der Waals surface area contributed by atoms with Crippen LogP contribution in [0.4, 0.5) is 0 Å². The molecule has 1 heterocycles. The molecule has 3 aliphatic rings. The molecule has 0 saturated carbocycles. The van der Waals surface area contributed by atoms with Crippen LogP contribution >= 0.6 is 0 Å². The van der Waals surface area contributed by atoms with Gasteiger partial charge in [0.1, 0.15) is 0 Å². The van der Waals surface area contributed by atoms with Crippen LogP contribution in [0.1, 0.15) is 37.3 Å². The van der Waals surface area contributed by atoms with Gasteiger partial charge in [-0.05, 0) is 84.8 Å². The van der Waals surface area contributed by atoms with Gasteiger partial charge in [-0.25, -0.2) is 0 Å². The van der Waals surface area contributed by atoms with Gasteiger partial charge in [0.05, 0.1) is 17.7 Å². The van der Waals surface area contributed by atoms with Crippen molar-refractivity contribution < 1.29 is 0 Å². The summed E-state index contributed by atoms with van der Waals surface area (Å²) in [6, 6.07) is 18.6. The largest absolute Gasteiger partial charge is 0.327 e. The van der Waals surface area contributed by atoms with Gasteiger partial charge in [0.2, 0.25) is 0 Å². The van der Waals surface area contributed by atoms with Crippen LogP contribution in [-0.2, 0) is 6.67 Å². The third-order valence-electron chi connectivity index (χ3n) is 8.92. The number of fused-ring (bicyclic) bond motifs is 5. The normalized spacial score (nSPS) is 21.0. The van der Waals surface area contributed by atoms with Gasteiger partial charge in [-0.2, -0.15) is 0 Å². The van der Waals surface area contributed by atoms with E-state index in [0.29, 0.717) is 6.04 Å². The highest BCUT2D eigenvalue weighted by Gasteiger charge is 2.31. The molecule has 2 N–H and O–H groups in total. The van der Waals surface area contributed by atoms with Crippen molar-refractivity contribution in [1.82, 2.24) is 15.2 Å². The highest BCUT2D eigenvalue weighted by Crippen LogP contribution is 2.43. The molecule has 3 nitrogen and oxygen atoms in total. The molecule has 0 amide bonds. The molecular weight excluding hydrogens is 462 g/mol. The highest BCUT2D eigenvalue weighted by molar-refractivity contribution is 6.24. The molecule has 0 radical (unpaired) electrons. The maximum Gasteiger partial charge on any atom is 0.0737 e.